The molecule has 0 fully saturated rings. The Hall–Kier alpha value is -2.05. The number of carbonyl (C=O) groups is 1. The SMILES string of the molecule is CCOC(=O)CNc1nc(Cl)cc(NCc2ccc(Cl)cc2)n1. The number of nitrogens with zero attached hydrogens (tertiary/aromatic N) is 2. The highest BCUT2D eigenvalue weighted by Gasteiger charge is 2.06. The molecule has 0 bridgehead atoms. The molecule has 0 saturated heterocycles. The van der Waals surface area contributed by atoms with Crippen LogP contribution >= 0.6 is 23.2 Å². The van der Waals surface area contributed by atoms with Gasteiger partial charge < -0.3 is 15.4 Å². The van der Waals surface area contributed by atoms with Crippen molar-refractivity contribution in [1.82, 2.24) is 9.97 Å². The highest BCUT2D eigenvalue weighted by atomic mass is 35.5. The van der Waals surface area contributed by atoms with Crippen molar-refractivity contribution in [3.8, 4) is 0 Å². The summed E-state index contributed by atoms with van der Waals surface area (Å²) in [5.41, 5.74) is 1.05. The van der Waals surface area contributed by atoms with Crippen molar-refractivity contribution < 1.29 is 9.53 Å². The van der Waals surface area contributed by atoms with E-state index >= 15 is 0 Å². The van der Waals surface area contributed by atoms with Gasteiger partial charge in [0.15, 0.2) is 0 Å². The number of carbonyl (C=O) groups excluding carboxylic acids is 1. The molecule has 0 aliphatic carbocycles. The number of rotatable bonds is 7. The van der Waals surface area contributed by atoms with Crippen LogP contribution in [0, 0.1) is 0 Å². The molecule has 0 atom stereocenters. The average Bonchev–Trinajstić information content (AvgIpc) is 2.52. The second kappa shape index (κ2) is 8.55. The summed E-state index contributed by atoms with van der Waals surface area (Å²) in [5.74, 6) is 0.419. The van der Waals surface area contributed by atoms with Gasteiger partial charge in [-0.1, -0.05) is 35.3 Å². The van der Waals surface area contributed by atoms with Crippen LogP contribution in [0.25, 0.3) is 0 Å². The quantitative estimate of drug-likeness (QED) is 0.586. The molecule has 0 unspecified atom stereocenters. The largest absolute Gasteiger partial charge is 0.465 e. The standard InChI is InChI=1S/C15H16Cl2N4O2/c1-2-23-14(22)9-19-15-20-12(17)7-13(21-15)18-8-10-3-5-11(16)6-4-10/h3-7H,2,8-9H2,1H3,(H2,18,19,20,21). The number of aromatic nitrogens is 2. The third-order valence-electron chi connectivity index (χ3n) is 2.78. The van der Waals surface area contributed by atoms with Crippen LogP contribution in [0.15, 0.2) is 30.3 Å². The monoisotopic (exact) mass is 354 g/mol. The van der Waals surface area contributed by atoms with E-state index < -0.39 is 0 Å². The van der Waals surface area contributed by atoms with Crippen molar-refractivity contribution in [3.63, 3.8) is 0 Å². The Bertz CT molecular complexity index is 665. The molecule has 0 spiro atoms. The first-order chi connectivity index (χ1) is 11.1. The van der Waals surface area contributed by atoms with Crippen LogP contribution in [-0.4, -0.2) is 29.1 Å². The first-order valence-corrected chi connectivity index (χ1v) is 7.75. The third-order valence-corrected chi connectivity index (χ3v) is 3.22. The van der Waals surface area contributed by atoms with E-state index in [0.717, 1.165) is 5.56 Å². The molecule has 6 nitrogen and oxygen atoms in total. The molecule has 2 N–H and O–H groups in total. The lowest BCUT2D eigenvalue weighted by Crippen LogP contribution is -2.18. The molecule has 23 heavy (non-hydrogen) atoms. The van der Waals surface area contributed by atoms with Crippen LogP contribution in [0.2, 0.25) is 10.2 Å². The van der Waals surface area contributed by atoms with E-state index in [-0.39, 0.29) is 23.6 Å². The maximum Gasteiger partial charge on any atom is 0.325 e. The molecule has 0 amide bonds. The summed E-state index contributed by atoms with van der Waals surface area (Å²) in [4.78, 5) is 19.6. The number of benzene rings is 1. The van der Waals surface area contributed by atoms with Crippen LogP contribution in [-0.2, 0) is 16.1 Å². The number of hydrogen-bond acceptors (Lipinski definition) is 6. The van der Waals surface area contributed by atoms with Gasteiger partial charge in [-0.3, -0.25) is 4.79 Å². The second-order valence-electron chi connectivity index (χ2n) is 4.54. The third kappa shape index (κ3) is 5.92. The van der Waals surface area contributed by atoms with Gasteiger partial charge in [0, 0.05) is 17.6 Å². The Labute approximate surface area is 144 Å². The first-order valence-electron chi connectivity index (χ1n) is 6.99. The molecule has 1 heterocycles. The maximum absolute atomic E-state index is 11.3. The van der Waals surface area contributed by atoms with Gasteiger partial charge >= 0.3 is 5.97 Å². The molecule has 2 rings (SSSR count). The summed E-state index contributed by atoms with van der Waals surface area (Å²) in [6, 6.07) is 9.07. The van der Waals surface area contributed by atoms with Crippen LogP contribution < -0.4 is 10.6 Å². The lowest BCUT2D eigenvalue weighted by atomic mass is 10.2. The van der Waals surface area contributed by atoms with Crippen molar-refractivity contribution in [1.29, 1.82) is 0 Å². The van der Waals surface area contributed by atoms with Crippen molar-refractivity contribution in [2.24, 2.45) is 0 Å². The number of nitrogens with one attached hydrogen (secondary N) is 2. The summed E-state index contributed by atoms with van der Waals surface area (Å²) >= 11 is 11.8. The summed E-state index contributed by atoms with van der Waals surface area (Å²) in [7, 11) is 0. The fraction of sp³-hybridized carbons (Fsp3) is 0.267. The predicted molar refractivity (Wildman–Crippen MR) is 90.9 cm³/mol. The number of hydrogen-bond donors (Lipinski definition) is 2. The molecule has 0 radical (unpaired) electrons. The lowest BCUT2D eigenvalue weighted by molar-refractivity contribution is -0.140. The van der Waals surface area contributed by atoms with E-state index in [9.17, 15) is 4.79 Å². The number of halogens is 2. The Morgan fingerprint density at radius 3 is 2.61 bits per heavy atom. The van der Waals surface area contributed by atoms with Crippen molar-refractivity contribution in [2.75, 3.05) is 23.8 Å². The Kier molecular flexibility index (Phi) is 6.43. The minimum absolute atomic E-state index is 0.0230. The zero-order valence-corrected chi connectivity index (χ0v) is 14.0. The van der Waals surface area contributed by atoms with E-state index in [4.69, 9.17) is 27.9 Å². The summed E-state index contributed by atoms with van der Waals surface area (Å²) in [6.45, 7) is 2.60. The molecule has 122 valence electrons. The first kappa shape index (κ1) is 17.3. The molecule has 2 aromatic rings. The molecule has 0 aliphatic rings. The molecule has 1 aromatic heterocycles. The highest BCUT2D eigenvalue weighted by molar-refractivity contribution is 6.30. The van der Waals surface area contributed by atoms with Crippen molar-refractivity contribution >= 4 is 40.9 Å². The predicted octanol–water partition coefficient (Wildman–Crippen LogP) is 3.37. The number of ether oxygens (including phenoxy) is 1. The molecule has 0 aliphatic heterocycles. The lowest BCUT2D eigenvalue weighted by Gasteiger charge is -2.09. The second-order valence-corrected chi connectivity index (χ2v) is 5.36. The zero-order valence-electron chi connectivity index (χ0n) is 12.5. The van der Waals surface area contributed by atoms with Gasteiger partial charge in [0.2, 0.25) is 5.95 Å². The fourth-order valence-corrected chi connectivity index (χ4v) is 2.05. The van der Waals surface area contributed by atoms with Gasteiger partial charge in [0.05, 0.1) is 6.61 Å². The average molecular weight is 355 g/mol. The van der Waals surface area contributed by atoms with Crippen LogP contribution in [0.5, 0.6) is 0 Å². The minimum atomic E-state index is -0.383. The van der Waals surface area contributed by atoms with Crippen molar-refractivity contribution in [3.05, 3.63) is 46.1 Å². The van der Waals surface area contributed by atoms with Crippen LogP contribution in [0.4, 0.5) is 11.8 Å². The Balaban J connectivity index is 1.96. The molecule has 0 saturated carbocycles. The van der Waals surface area contributed by atoms with Gasteiger partial charge in [-0.25, -0.2) is 4.98 Å². The van der Waals surface area contributed by atoms with Gasteiger partial charge in [-0.05, 0) is 24.6 Å². The molecule has 8 heteroatoms. The van der Waals surface area contributed by atoms with Gasteiger partial charge in [0.1, 0.15) is 17.5 Å². The Morgan fingerprint density at radius 1 is 1.17 bits per heavy atom. The smallest absolute Gasteiger partial charge is 0.325 e. The normalized spacial score (nSPS) is 10.2. The number of anilines is 2. The van der Waals surface area contributed by atoms with Crippen molar-refractivity contribution in [2.45, 2.75) is 13.5 Å². The molecular formula is C15H16Cl2N4O2. The van der Waals surface area contributed by atoms with E-state index in [1.54, 1.807) is 13.0 Å². The topological polar surface area (TPSA) is 76.1 Å². The van der Waals surface area contributed by atoms with Crippen LogP contribution in [0.3, 0.4) is 0 Å². The fourth-order valence-electron chi connectivity index (χ4n) is 1.75. The highest BCUT2D eigenvalue weighted by Crippen LogP contribution is 2.16. The van der Waals surface area contributed by atoms with Crippen LogP contribution in [0.1, 0.15) is 12.5 Å². The maximum atomic E-state index is 11.3. The molecular weight excluding hydrogens is 339 g/mol. The van der Waals surface area contributed by atoms with E-state index in [2.05, 4.69) is 20.6 Å². The van der Waals surface area contributed by atoms with E-state index in [0.29, 0.717) is 24.0 Å². The van der Waals surface area contributed by atoms with E-state index in [1.807, 2.05) is 24.3 Å². The minimum Gasteiger partial charge on any atom is -0.465 e. The van der Waals surface area contributed by atoms with Gasteiger partial charge in [-0.15, -0.1) is 0 Å². The van der Waals surface area contributed by atoms with E-state index in [1.165, 1.54) is 0 Å². The summed E-state index contributed by atoms with van der Waals surface area (Å²) in [6.07, 6.45) is 0. The summed E-state index contributed by atoms with van der Waals surface area (Å²) in [5, 5.41) is 6.87. The Morgan fingerprint density at radius 2 is 1.91 bits per heavy atom. The number of esters is 1. The summed E-state index contributed by atoms with van der Waals surface area (Å²) < 4.78 is 4.82. The van der Waals surface area contributed by atoms with Gasteiger partial charge in [-0.2, -0.15) is 4.98 Å². The molecule has 1 aromatic carbocycles. The van der Waals surface area contributed by atoms with Gasteiger partial charge in [0.25, 0.3) is 0 Å². The zero-order chi connectivity index (χ0) is 16.7.